The van der Waals surface area contributed by atoms with Gasteiger partial charge >= 0.3 is 5.97 Å². The summed E-state index contributed by atoms with van der Waals surface area (Å²) in [7, 11) is 0. The lowest BCUT2D eigenvalue weighted by atomic mass is 9.85. The standard InChI is InChI=1S/C19H29N5O3/c1-19(2,17(25)26)15-12-20-18(21-16(15)23-8-10-27-11-9-23)24-7-6-22-5-3-4-14(22)13-24/h12,14H,3-11,13H2,1-2H3,(H,25,26). The van der Waals surface area contributed by atoms with Crippen LogP contribution in [0.15, 0.2) is 6.20 Å². The zero-order valence-electron chi connectivity index (χ0n) is 16.2. The Balaban J connectivity index is 1.66. The molecule has 1 aromatic heterocycles. The number of morpholine rings is 1. The van der Waals surface area contributed by atoms with E-state index in [4.69, 9.17) is 9.72 Å². The maximum Gasteiger partial charge on any atom is 0.313 e. The molecular formula is C19H29N5O3. The average Bonchev–Trinajstić information content (AvgIpc) is 3.16. The van der Waals surface area contributed by atoms with Crippen LogP contribution in [0, 0.1) is 0 Å². The van der Waals surface area contributed by atoms with Crippen molar-refractivity contribution in [1.29, 1.82) is 0 Å². The molecule has 3 aliphatic heterocycles. The highest BCUT2D eigenvalue weighted by Gasteiger charge is 2.36. The molecule has 0 aliphatic carbocycles. The van der Waals surface area contributed by atoms with Crippen LogP contribution in [-0.2, 0) is 14.9 Å². The van der Waals surface area contributed by atoms with Gasteiger partial charge in [-0.3, -0.25) is 9.69 Å². The molecule has 8 nitrogen and oxygen atoms in total. The molecule has 4 heterocycles. The van der Waals surface area contributed by atoms with Gasteiger partial charge in [0.05, 0.1) is 18.6 Å². The molecule has 4 rings (SSSR count). The molecule has 0 saturated carbocycles. The van der Waals surface area contributed by atoms with Crippen molar-refractivity contribution < 1.29 is 14.6 Å². The van der Waals surface area contributed by atoms with Gasteiger partial charge in [0.15, 0.2) is 0 Å². The van der Waals surface area contributed by atoms with E-state index in [2.05, 4.69) is 19.7 Å². The van der Waals surface area contributed by atoms with Crippen LogP contribution in [0.1, 0.15) is 32.3 Å². The Kier molecular flexibility index (Phi) is 4.94. The van der Waals surface area contributed by atoms with Crippen LogP contribution in [0.4, 0.5) is 11.8 Å². The van der Waals surface area contributed by atoms with Crippen LogP contribution in [0.25, 0.3) is 0 Å². The molecule has 148 valence electrons. The molecule has 3 aliphatic rings. The van der Waals surface area contributed by atoms with E-state index < -0.39 is 11.4 Å². The van der Waals surface area contributed by atoms with Gasteiger partial charge in [-0.1, -0.05) is 0 Å². The van der Waals surface area contributed by atoms with Crippen LogP contribution in [0.2, 0.25) is 0 Å². The van der Waals surface area contributed by atoms with Gasteiger partial charge in [-0.05, 0) is 33.2 Å². The Morgan fingerprint density at radius 2 is 1.96 bits per heavy atom. The first-order valence-electron chi connectivity index (χ1n) is 9.89. The summed E-state index contributed by atoms with van der Waals surface area (Å²) in [6.07, 6.45) is 4.23. The van der Waals surface area contributed by atoms with E-state index in [1.165, 1.54) is 19.4 Å². The van der Waals surface area contributed by atoms with E-state index in [1.807, 2.05) is 0 Å². The lowest BCUT2D eigenvalue weighted by Gasteiger charge is -2.38. The molecule has 0 amide bonds. The van der Waals surface area contributed by atoms with Gasteiger partial charge in [0.25, 0.3) is 0 Å². The normalized spacial score (nSPS) is 24.1. The average molecular weight is 375 g/mol. The largest absolute Gasteiger partial charge is 0.481 e. The van der Waals surface area contributed by atoms with Crippen molar-refractivity contribution in [1.82, 2.24) is 14.9 Å². The summed E-state index contributed by atoms with van der Waals surface area (Å²) < 4.78 is 5.47. The van der Waals surface area contributed by atoms with Crippen molar-refractivity contribution >= 4 is 17.7 Å². The summed E-state index contributed by atoms with van der Waals surface area (Å²) in [5.41, 5.74) is -0.379. The Morgan fingerprint density at radius 1 is 1.19 bits per heavy atom. The molecule has 8 heteroatoms. The van der Waals surface area contributed by atoms with E-state index in [9.17, 15) is 9.90 Å². The number of carboxylic acids is 1. The Labute approximate surface area is 160 Å². The van der Waals surface area contributed by atoms with Gasteiger partial charge in [-0.25, -0.2) is 4.98 Å². The topological polar surface area (TPSA) is 82.0 Å². The maximum absolute atomic E-state index is 11.9. The number of aliphatic carboxylic acids is 1. The smallest absolute Gasteiger partial charge is 0.313 e. The molecule has 0 spiro atoms. The minimum atomic E-state index is -1.05. The van der Waals surface area contributed by atoms with Crippen LogP contribution in [0.5, 0.6) is 0 Å². The fourth-order valence-electron chi connectivity index (χ4n) is 4.26. The van der Waals surface area contributed by atoms with Gasteiger partial charge in [0.2, 0.25) is 5.95 Å². The number of nitrogens with zero attached hydrogens (tertiary/aromatic N) is 5. The van der Waals surface area contributed by atoms with E-state index in [0.29, 0.717) is 30.8 Å². The van der Waals surface area contributed by atoms with E-state index >= 15 is 0 Å². The molecule has 0 radical (unpaired) electrons. The van der Waals surface area contributed by atoms with Crippen molar-refractivity contribution in [3.63, 3.8) is 0 Å². The van der Waals surface area contributed by atoms with Crippen molar-refractivity contribution in [3.05, 3.63) is 11.8 Å². The van der Waals surface area contributed by atoms with Crippen molar-refractivity contribution in [2.45, 2.75) is 38.1 Å². The highest BCUT2D eigenvalue weighted by Crippen LogP contribution is 2.33. The van der Waals surface area contributed by atoms with E-state index in [1.54, 1.807) is 20.0 Å². The van der Waals surface area contributed by atoms with Crippen LogP contribution < -0.4 is 9.80 Å². The Hall–Kier alpha value is -1.93. The van der Waals surface area contributed by atoms with Crippen LogP contribution >= 0.6 is 0 Å². The van der Waals surface area contributed by atoms with Gasteiger partial charge < -0.3 is 19.6 Å². The first kappa shape index (κ1) is 18.4. The summed E-state index contributed by atoms with van der Waals surface area (Å²) in [6.45, 7) is 10.2. The number of ether oxygens (including phenoxy) is 1. The number of carbonyl (C=O) groups is 1. The fraction of sp³-hybridized carbons (Fsp3) is 0.737. The summed E-state index contributed by atoms with van der Waals surface area (Å²) in [5.74, 6) is 0.588. The third-order valence-electron chi connectivity index (χ3n) is 6.14. The summed E-state index contributed by atoms with van der Waals surface area (Å²) in [5, 5.41) is 9.72. The van der Waals surface area contributed by atoms with Crippen LogP contribution in [0.3, 0.4) is 0 Å². The maximum atomic E-state index is 11.9. The molecule has 1 atom stereocenters. The molecule has 3 saturated heterocycles. The van der Waals surface area contributed by atoms with Gasteiger partial charge in [0, 0.05) is 50.5 Å². The van der Waals surface area contributed by atoms with Gasteiger partial charge in [-0.15, -0.1) is 0 Å². The van der Waals surface area contributed by atoms with E-state index in [-0.39, 0.29) is 0 Å². The summed E-state index contributed by atoms with van der Waals surface area (Å²) in [4.78, 5) is 28.3. The lowest BCUT2D eigenvalue weighted by molar-refractivity contribution is -0.142. The monoisotopic (exact) mass is 375 g/mol. The predicted octanol–water partition coefficient (Wildman–Crippen LogP) is 0.960. The molecule has 27 heavy (non-hydrogen) atoms. The second-order valence-corrected chi connectivity index (χ2v) is 8.21. The number of fused-ring (bicyclic) bond motifs is 1. The zero-order chi connectivity index (χ0) is 19.0. The predicted molar refractivity (Wildman–Crippen MR) is 103 cm³/mol. The molecule has 3 fully saturated rings. The Bertz CT molecular complexity index is 705. The molecule has 1 aromatic rings. The first-order valence-corrected chi connectivity index (χ1v) is 9.89. The van der Waals surface area contributed by atoms with Crippen LogP contribution in [-0.4, -0.2) is 84.5 Å². The third kappa shape index (κ3) is 3.48. The fourth-order valence-corrected chi connectivity index (χ4v) is 4.26. The number of hydrogen-bond acceptors (Lipinski definition) is 7. The molecule has 0 aromatic carbocycles. The van der Waals surface area contributed by atoms with Gasteiger partial charge in [-0.2, -0.15) is 4.98 Å². The minimum absolute atomic E-state index is 0.587. The number of carboxylic acid groups (broad SMARTS) is 1. The van der Waals surface area contributed by atoms with Crippen molar-refractivity contribution in [2.24, 2.45) is 0 Å². The number of aromatic nitrogens is 2. The first-order chi connectivity index (χ1) is 13.0. The minimum Gasteiger partial charge on any atom is -0.481 e. The third-order valence-corrected chi connectivity index (χ3v) is 6.14. The van der Waals surface area contributed by atoms with Gasteiger partial charge in [0.1, 0.15) is 5.82 Å². The number of piperazine rings is 1. The quantitative estimate of drug-likeness (QED) is 0.833. The van der Waals surface area contributed by atoms with Crippen molar-refractivity contribution in [2.75, 3.05) is 62.3 Å². The zero-order valence-corrected chi connectivity index (χ0v) is 16.2. The number of anilines is 2. The second-order valence-electron chi connectivity index (χ2n) is 8.21. The highest BCUT2D eigenvalue weighted by molar-refractivity contribution is 5.82. The molecule has 0 bridgehead atoms. The second kappa shape index (κ2) is 7.24. The van der Waals surface area contributed by atoms with Crippen molar-refractivity contribution in [3.8, 4) is 0 Å². The summed E-state index contributed by atoms with van der Waals surface area (Å²) >= 11 is 0. The van der Waals surface area contributed by atoms with E-state index in [0.717, 1.165) is 38.5 Å². The lowest BCUT2D eigenvalue weighted by Crippen LogP contribution is -2.51. The number of hydrogen-bond donors (Lipinski definition) is 1. The summed E-state index contributed by atoms with van der Waals surface area (Å²) in [6, 6.07) is 0.587. The number of rotatable bonds is 4. The SMILES string of the molecule is CC(C)(C(=O)O)c1cnc(N2CCN3CCCC3C2)nc1N1CCOCC1. The highest BCUT2D eigenvalue weighted by atomic mass is 16.5. The Morgan fingerprint density at radius 3 is 2.70 bits per heavy atom. The molecule has 1 unspecified atom stereocenters. The molecule has 1 N–H and O–H groups in total. The molecular weight excluding hydrogens is 346 g/mol.